The van der Waals surface area contributed by atoms with Crippen LogP contribution in [0.1, 0.15) is 44.7 Å². The maximum absolute atomic E-state index is 4.71. The predicted octanol–water partition coefficient (Wildman–Crippen LogP) is 5.39. The van der Waals surface area contributed by atoms with Crippen LogP contribution in [0.5, 0.6) is 0 Å². The quantitative estimate of drug-likeness (QED) is 0.433. The number of hydrogen-bond donors (Lipinski definition) is 1. The van der Waals surface area contributed by atoms with Gasteiger partial charge in [-0.05, 0) is 62.4 Å². The van der Waals surface area contributed by atoms with Gasteiger partial charge in [-0.2, -0.15) is 0 Å². The van der Waals surface area contributed by atoms with Gasteiger partial charge in [-0.3, -0.25) is 0 Å². The lowest BCUT2D eigenvalue weighted by molar-refractivity contribution is 0.992. The molecule has 0 saturated carbocycles. The highest BCUT2D eigenvalue weighted by molar-refractivity contribution is 5.94. The van der Waals surface area contributed by atoms with E-state index in [1.54, 1.807) is 0 Å². The van der Waals surface area contributed by atoms with E-state index in [1.165, 1.54) is 16.7 Å². The standard InChI is InChI=1S/C18H26N2/c1-7-16(8-2)18(9-3)20-15(6)19-17-11-13(4)10-14(5)12-17/h7,10-12H,1,8-9H2,2-6H3,(H,19,20)/b18-16+. The number of rotatable bonds is 5. The lowest BCUT2D eigenvalue weighted by Crippen LogP contribution is -2.08. The van der Waals surface area contributed by atoms with Gasteiger partial charge in [-0.25, -0.2) is 4.99 Å². The zero-order valence-electron chi connectivity index (χ0n) is 13.4. The van der Waals surface area contributed by atoms with E-state index in [-0.39, 0.29) is 0 Å². The Morgan fingerprint density at radius 3 is 2.20 bits per heavy atom. The first-order chi connectivity index (χ1) is 9.49. The minimum Gasteiger partial charge on any atom is -0.344 e. The van der Waals surface area contributed by atoms with Gasteiger partial charge in [-0.1, -0.05) is 32.6 Å². The molecule has 0 unspecified atom stereocenters. The van der Waals surface area contributed by atoms with E-state index >= 15 is 0 Å². The smallest absolute Gasteiger partial charge is 0.103 e. The largest absolute Gasteiger partial charge is 0.344 e. The van der Waals surface area contributed by atoms with Gasteiger partial charge in [0.1, 0.15) is 5.84 Å². The number of nitrogens with zero attached hydrogens (tertiary/aromatic N) is 1. The summed E-state index contributed by atoms with van der Waals surface area (Å²) in [5.41, 5.74) is 5.93. The van der Waals surface area contributed by atoms with E-state index in [4.69, 9.17) is 4.99 Å². The molecular weight excluding hydrogens is 244 g/mol. The van der Waals surface area contributed by atoms with E-state index in [0.29, 0.717) is 0 Å². The van der Waals surface area contributed by atoms with Crippen molar-refractivity contribution in [1.82, 2.24) is 0 Å². The van der Waals surface area contributed by atoms with Gasteiger partial charge in [0.05, 0.1) is 0 Å². The van der Waals surface area contributed by atoms with Crippen LogP contribution in [0.25, 0.3) is 0 Å². The average molecular weight is 270 g/mol. The molecule has 2 heteroatoms. The molecule has 1 aromatic rings. The van der Waals surface area contributed by atoms with Gasteiger partial charge in [-0.15, -0.1) is 0 Å². The summed E-state index contributed by atoms with van der Waals surface area (Å²) in [6, 6.07) is 6.44. The molecular formula is C18H26N2. The maximum atomic E-state index is 4.71. The number of aryl methyl sites for hydroxylation is 2. The summed E-state index contributed by atoms with van der Waals surface area (Å²) < 4.78 is 0. The monoisotopic (exact) mass is 270 g/mol. The van der Waals surface area contributed by atoms with Crippen LogP contribution < -0.4 is 5.32 Å². The molecule has 0 atom stereocenters. The average Bonchev–Trinajstić information content (AvgIpc) is 2.37. The predicted molar refractivity (Wildman–Crippen MR) is 90.5 cm³/mol. The zero-order chi connectivity index (χ0) is 15.1. The molecule has 0 fully saturated rings. The van der Waals surface area contributed by atoms with E-state index in [2.05, 4.69) is 57.8 Å². The van der Waals surface area contributed by atoms with Crippen molar-refractivity contribution in [2.75, 3.05) is 5.32 Å². The van der Waals surface area contributed by atoms with Crippen LogP contribution in [0, 0.1) is 13.8 Å². The summed E-state index contributed by atoms with van der Waals surface area (Å²) in [4.78, 5) is 4.71. The van der Waals surface area contributed by atoms with E-state index in [9.17, 15) is 0 Å². The number of allylic oxidation sites excluding steroid dienone is 3. The molecule has 20 heavy (non-hydrogen) atoms. The van der Waals surface area contributed by atoms with Crippen molar-refractivity contribution in [3.8, 4) is 0 Å². The van der Waals surface area contributed by atoms with Crippen LogP contribution in [0.4, 0.5) is 5.69 Å². The van der Waals surface area contributed by atoms with Crippen LogP contribution in [0.2, 0.25) is 0 Å². The first kappa shape index (κ1) is 16.2. The van der Waals surface area contributed by atoms with Crippen LogP contribution in [-0.2, 0) is 0 Å². The number of hydrogen-bond acceptors (Lipinski definition) is 1. The van der Waals surface area contributed by atoms with Crippen molar-refractivity contribution in [2.24, 2.45) is 4.99 Å². The van der Waals surface area contributed by atoms with Gasteiger partial charge < -0.3 is 5.32 Å². The minimum absolute atomic E-state index is 0.916. The van der Waals surface area contributed by atoms with Crippen molar-refractivity contribution in [2.45, 2.75) is 47.5 Å². The topological polar surface area (TPSA) is 24.4 Å². The Morgan fingerprint density at radius 1 is 1.15 bits per heavy atom. The zero-order valence-corrected chi connectivity index (χ0v) is 13.4. The summed E-state index contributed by atoms with van der Waals surface area (Å²) in [5.74, 6) is 0.916. The third-order valence-corrected chi connectivity index (χ3v) is 3.18. The fourth-order valence-electron chi connectivity index (χ4n) is 2.33. The Kier molecular flexibility index (Phi) is 6.23. The molecule has 0 amide bonds. The Hall–Kier alpha value is -1.83. The highest BCUT2D eigenvalue weighted by Crippen LogP contribution is 2.17. The minimum atomic E-state index is 0.916. The molecule has 108 valence electrons. The van der Waals surface area contributed by atoms with E-state index in [1.807, 2.05) is 13.0 Å². The molecule has 0 spiro atoms. The Balaban J connectivity index is 2.99. The van der Waals surface area contributed by atoms with Gasteiger partial charge in [0, 0.05) is 11.4 Å². The number of nitrogens with one attached hydrogen (secondary N) is 1. The van der Waals surface area contributed by atoms with Crippen molar-refractivity contribution in [1.29, 1.82) is 0 Å². The lowest BCUT2D eigenvalue weighted by Gasteiger charge is -2.10. The second-order valence-corrected chi connectivity index (χ2v) is 5.08. The van der Waals surface area contributed by atoms with Gasteiger partial charge in [0.2, 0.25) is 0 Å². The van der Waals surface area contributed by atoms with Crippen molar-refractivity contribution in [3.63, 3.8) is 0 Å². The molecule has 2 nitrogen and oxygen atoms in total. The van der Waals surface area contributed by atoms with Gasteiger partial charge in [0.25, 0.3) is 0 Å². The fourth-order valence-corrected chi connectivity index (χ4v) is 2.33. The maximum Gasteiger partial charge on any atom is 0.103 e. The molecule has 1 rings (SSSR count). The first-order valence-electron chi connectivity index (χ1n) is 7.25. The third-order valence-electron chi connectivity index (χ3n) is 3.18. The van der Waals surface area contributed by atoms with Crippen molar-refractivity contribution in [3.05, 3.63) is 53.3 Å². The highest BCUT2D eigenvalue weighted by atomic mass is 15.0. The molecule has 0 aliphatic heterocycles. The number of amidine groups is 1. The second-order valence-electron chi connectivity index (χ2n) is 5.08. The summed E-state index contributed by atoms with van der Waals surface area (Å²) in [7, 11) is 0. The van der Waals surface area contributed by atoms with Crippen LogP contribution in [0.15, 0.2) is 47.1 Å². The van der Waals surface area contributed by atoms with Crippen LogP contribution in [0.3, 0.4) is 0 Å². The Labute approximate surface area is 123 Å². The van der Waals surface area contributed by atoms with Crippen LogP contribution >= 0.6 is 0 Å². The van der Waals surface area contributed by atoms with Crippen LogP contribution in [-0.4, -0.2) is 5.84 Å². The second kappa shape index (κ2) is 7.68. The summed E-state index contributed by atoms with van der Waals surface area (Å²) in [6.45, 7) is 14.3. The lowest BCUT2D eigenvalue weighted by atomic mass is 10.1. The number of benzene rings is 1. The third kappa shape index (κ3) is 4.69. The molecule has 0 bridgehead atoms. The van der Waals surface area contributed by atoms with E-state index in [0.717, 1.165) is 30.1 Å². The van der Waals surface area contributed by atoms with Crippen molar-refractivity contribution < 1.29 is 0 Å². The fraction of sp³-hybridized carbons (Fsp3) is 0.389. The summed E-state index contributed by atoms with van der Waals surface area (Å²) >= 11 is 0. The highest BCUT2D eigenvalue weighted by Gasteiger charge is 2.01. The molecule has 0 aromatic heterocycles. The SMILES string of the molecule is C=C/C(CC)=C(/CC)N=C(C)Nc1cc(C)cc(C)c1. The normalized spacial score (nSPS) is 12.9. The van der Waals surface area contributed by atoms with Gasteiger partial charge >= 0.3 is 0 Å². The molecule has 1 aromatic carbocycles. The molecule has 0 aliphatic rings. The summed E-state index contributed by atoms with van der Waals surface area (Å²) in [6.07, 6.45) is 3.79. The number of anilines is 1. The molecule has 0 aliphatic carbocycles. The first-order valence-corrected chi connectivity index (χ1v) is 7.25. The Morgan fingerprint density at radius 2 is 1.75 bits per heavy atom. The van der Waals surface area contributed by atoms with E-state index < -0.39 is 0 Å². The Bertz CT molecular complexity index is 516. The summed E-state index contributed by atoms with van der Waals surface area (Å²) in [5, 5.41) is 3.37. The van der Waals surface area contributed by atoms with Crippen molar-refractivity contribution >= 4 is 11.5 Å². The molecule has 0 radical (unpaired) electrons. The molecule has 0 saturated heterocycles. The van der Waals surface area contributed by atoms with Gasteiger partial charge in [0.15, 0.2) is 0 Å². The number of aliphatic imine (C=N–C) groups is 1. The molecule has 1 N–H and O–H groups in total. The molecule has 0 heterocycles.